The van der Waals surface area contributed by atoms with Crippen molar-refractivity contribution in [2.75, 3.05) is 27.3 Å². The number of para-hydroxylation sites is 1. The van der Waals surface area contributed by atoms with Gasteiger partial charge in [0.25, 0.3) is 0 Å². The van der Waals surface area contributed by atoms with Crippen LogP contribution >= 0.6 is 11.3 Å². The number of ether oxygens (including phenoxy) is 2. The fraction of sp³-hybridized carbons (Fsp3) is 0.333. The summed E-state index contributed by atoms with van der Waals surface area (Å²) in [6, 6.07) is 9.95. The van der Waals surface area contributed by atoms with Crippen molar-refractivity contribution >= 4 is 11.3 Å². The SMILES string of the molecule is COc1cccc(CN2CC(c3nc(-c4cccs4)no3)C2)c1OC. The molecule has 7 heteroatoms. The van der Waals surface area contributed by atoms with Crippen molar-refractivity contribution in [3.8, 4) is 22.2 Å². The lowest BCUT2D eigenvalue weighted by Crippen LogP contribution is -2.44. The molecular weight excluding hydrogens is 338 g/mol. The molecule has 3 heterocycles. The molecule has 0 saturated carbocycles. The summed E-state index contributed by atoms with van der Waals surface area (Å²) in [6.07, 6.45) is 0. The number of nitrogens with zero attached hydrogens (tertiary/aromatic N) is 3. The number of thiophene rings is 1. The molecule has 1 aromatic carbocycles. The van der Waals surface area contributed by atoms with Gasteiger partial charge >= 0.3 is 0 Å². The van der Waals surface area contributed by atoms with Crippen LogP contribution in [0, 0.1) is 0 Å². The average Bonchev–Trinajstić information content (AvgIpc) is 3.28. The molecule has 0 amide bonds. The van der Waals surface area contributed by atoms with Crippen LogP contribution in [-0.2, 0) is 6.54 Å². The van der Waals surface area contributed by atoms with Crippen LogP contribution < -0.4 is 9.47 Å². The summed E-state index contributed by atoms with van der Waals surface area (Å²) in [7, 11) is 3.33. The number of benzene rings is 1. The van der Waals surface area contributed by atoms with Gasteiger partial charge in [-0.25, -0.2) is 0 Å². The normalized spacial score (nSPS) is 15.1. The zero-order valence-electron chi connectivity index (χ0n) is 14.1. The van der Waals surface area contributed by atoms with Gasteiger partial charge in [0.15, 0.2) is 11.5 Å². The van der Waals surface area contributed by atoms with Crippen LogP contribution in [-0.4, -0.2) is 42.3 Å². The summed E-state index contributed by atoms with van der Waals surface area (Å²) in [5.41, 5.74) is 1.12. The number of hydrogen-bond donors (Lipinski definition) is 0. The van der Waals surface area contributed by atoms with Gasteiger partial charge in [-0.3, -0.25) is 4.90 Å². The van der Waals surface area contributed by atoms with Gasteiger partial charge in [0.1, 0.15) is 0 Å². The molecule has 25 heavy (non-hydrogen) atoms. The van der Waals surface area contributed by atoms with Crippen LogP contribution in [0.15, 0.2) is 40.2 Å². The Hall–Kier alpha value is -2.38. The topological polar surface area (TPSA) is 60.6 Å². The Morgan fingerprint density at radius 1 is 1.20 bits per heavy atom. The van der Waals surface area contributed by atoms with E-state index >= 15 is 0 Å². The van der Waals surface area contributed by atoms with Gasteiger partial charge in [-0.15, -0.1) is 11.3 Å². The molecule has 0 unspecified atom stereocenters. The molecule has 1 saturated heterocycles. The number of likely N-dealkylation sites (tertiary alicyclic amines) is 1. The third-order valence-electron chi connectivity index (χ3n) is 4.37. The molecule has 0 spiro atoms. The molecule has 0 N–H and O–H groups in total. The first-order valence-electron chi connectivity index (χ1n) is 8.08. The number of rotatable bonds is 6. The molecule has 130 valence electrons. The predicted octanol–water partition coefficient (Wildman–Crippen LogP) is 3.41. The van der Waals surface area contributed by atoms with Crippen molar-refractivity contribution in [2.45, 2.75) is 12.5 Å². The predicted molar refractivity (Wildman–Crippen MR) is 95.2 cm³/mol. The maximum Gasteiger partial charge on any atom is 0.232 e. The van der Waals surface area contributed by atoms with E-state index in [4.69, 9.17) is 14.0 Å². The second-order valence-corrected chi connectivity index (χ2v) is 6.92. The van der Waals surface area contributed by atoms with Crippen molar-refractivity contribution < 1.29 is 14.0 Å². The van der Waals surface area contributed by atoms with Gasteiger partial charge in [-0.1, -0.05) is 23.4 Å². The van der Waals surface area contributed by atoms with Crippen molar-refractivity contribution in [3.05, 3.63) is 47.2 Å². The summed E-state index contributed by atoms with van der Waals surface area (Å²) >= 11 is 1.62. The first kappa shape index (κ1) is 16.1. The van der Waals surface area contributed by atoms with Gasteiger partial charge in [-0.2, -0.15) is 4.98 Å². The van der Waals surface area contributed by atoms with E-state index in [0.29, 0.717) is 5.82 Å². The number of aromatic nitrogens is 2. The van der Waals surface area contributed by atoms with Crippen LogP contribution in [0.25, 0.3) is 10.7 Å². The molecule has 2 aromatic heterocycles. The molecule has 1 aliphatic heterocycles. The van der Waals surface area contributed by atoms with Gasteiger partial charge < -0.3 is 14.0 Å². The molecule has 0 bridgehead atoms. The van der Waals surface area contributed by atoms with Crippen LogP contribution in [0.2, 0.25) is 0 Å². The average molecular weight is 357 g/mol. The van der Waals surface area contributed by atoms with Crippen LogP contribution in [0.3, 0.4) is 0 Å². The van der Waals surface area contributed by atoms with Gasteiger partial charge in [0.2, 0.25) is 11.7 Å². The van der Waals surface area contributed by atoms with E-state index in [2.05, 4.69) is 21.1 Å². The Labute approximate surface area is 150 Å². The zero-order chi connectivity index (χ0) is 17.2. The lowest BCUT2D eigenvalue weighted by atomic mass is 9.99. The van der Waals surface area contributed by atoms with Crippen molar-refractivity contribution in [1.82, 2.24) is 15.0 Å². The molecule has 0 radical (unpaired) electrons. The monoisotopic (exact) mass is 357 g/mol. The highest BCUT2D eigenvalue weighted by Gasteiger charge is 2.33. The van der Waals surface area contributed by atoms with E-state index in [-0.39, 0.29) is 5.92 Å². The van der Waals surface area contributed by atoms with Gasteiger partial charge in [0, 0.05) is 25.2 Å². The minimum atomic E-state index is 0.290. The highest BCUT2D eigenvalue weighted by Crippen LogP contribution is 2.35. The van der Waals surface area contributed by atoms with Crippen molar-refractivity contribution in [2.24, 2.45) is 0 Å². The molecule has 1 aliphatic rings. The lowest BCUT2D eigenvalue weighted by molar-refractivity contribution is 0.116. The molecule has 6 nitrogen and oxygen atoms in total. The maximum absolute atomic E-state index is 5.50. The van der Waals surface area contributed by atoms with Crippen molar-refractivity contribution in [3.63, 3.8) is 0 Å². The van der Waals surface area contributed by atoms with Crippen molar-refractivity contribution in [1.29, 1.82) is 0 Å². The van der Waals surface area contributed by atoms with Crippen LogP contribution in [0.5, 0.6) is 11.5 Å². The third-order valence-corrected chi connectivity index (χ3v) is 5.23. The molecule has 1 fully saturated rings. The van der Waals surface area contributed by atoms with E-state index in [0.717, 1.165) is 47.5 Å². The minimum absolute atomic E-state index is 0.290. The Morgan fingerprint density at radius 2 is 2.08 bits per heavy atom. The second kappa shape index (κ2) is 6.85. The van der Waals surface area contributed by atoms with E-state index in [9.17, 15) is 0 Å². The van der Waals surface area contributed by atoms with E-state index in [1.807, 2.05) is 29.6 Å². The smallest absolute Gasteiger partial charge is 0.232 e. The lowest BCUT2D eigenvalue weighted by Gasteiger charge is -2.37. The van der Waals surface area contributed by atoms with Gasteiger partial charge in [-0.05, 0) is 17.5 Å². The first-order chi connectivity index (χ1) is 12.3. The van der Waals surface area contributed by atoms with Gasteiger partial charge in [0.05, 0.1) is 25.0 Å². The standard InChI is InChI=1S/C18H19N3O3S/c1-22-14-6-3-5-12(16(14)23-2)9-21-10-13(11-21)18-19-17(20-24-18)15-7-4-8-25-15/h3-8,13H,9-11H2,1-2H3. The summed E-state index contributed by atoms with van der Waals surface area (Å²) in [4.78, 5) is 7.90. The first-order valence-corrected chi connectivity index (χ1v) is 8.96. The van der Waals surface area contributed by atoms with E-state index in [1.165, 1.54) is 0 Å². The largest absolute Gasteiger partial charge is 0.493 e. The summed E-state index contributed by atoms with van der Waals surface area (Å²) in [5.74, 6) is 3.24. The Kier molecular flexibility index (Phi) is 4.42. The molecule has 4 rings (SSSR count). The van der Waals surface area contributed by atoms with Crippen LogP contribution in [0.1, 0.15) is 17.4 Å². The number of methoxy groups -OCH3 is 2. The molecular formula is C18H19N3O3S. The molecule has 0 atom stereocenters. The van der Waals surface area contributed by atoms with E-state index < -0.39 is 0 Å². The Bertz CT molecular complexity index is 841. The minimum Gasteiger partial charge on any atom is -0.493 e. The summed E-state index contributed by atoms with van der Waals surface area (Å²) in [6.45, 7) is 2.60. The zero-order valence-corrected chi connectivity index (χ0v) is 15.0. The maximum atomic E-state index is 5.50. The fourth-order valence-corrected chi connectivity index (χ4v) is 3.73. The van der Waals surface area contributed by atoms with Crippen LogP contribution in [0.4, 0.5) is 0 Å². The highest BCUT2D eigenvalue weighted by molar-refractivity contribution is 7.13. The molecule has 0 aliphatic carbocycles. The Morgan fingerprint density at radius 3 is 2.80 bits per heavy atom. The Balaban J connectivity index is 1.40. The highest BCUT2D eigenvalue weighted by atomic mass is 32.1. The third kappa shape index (κ3) is 3.12. The summed E-state index contributed by atoms with van der Waals surface area (Å²) in [5, 5.41) is 6.10. The molecule has 3 aromatic rings. The quantitative estimate of drug-likeness (QED) is 0.674. The summed E-state index contributed by atoms with van der Waals surface area (Å²) < 4.78 is 16.3. The number of hydrogen-bond acceptors (Lipinski definition) is 7. The van der Waals surface area contributed by atoms with E-state index in [1.54, 1.807) is 25.6 Å². The fourth-order valence-electron chi connectivity index (χ4n) is 3.08. The second-order valence-electron chi connectivity index (χ2n) is 5.98.